The van der Waals surface area contributed by atoms with Crippen molar-refractivity contribution in [2.24, 2.45) is 0 Å². The molecule has 5 rings (SSSR count). The first-order chi connectivity index (χ1) is 17.9. The fourth-order valence-electron chi connectivity index (χ4n) is 5.57. The van der Waals surface area contributed by atoms with Gasteiger partial charge in [-0.1, -0.05) is 19.6 Å². The average molecular weight is 508 g/mol. The van der Waals surface area contributed by atoms with Gasteiger partial charge in [-0.25, -0.2) is 14.4 Å². The van der Waals surface area contributed by atoms with E-state index in [4.69, 9.17) is 15.5 Å². The molecule has 4 heterocycles. The number of allylic oxidation sites excluding steroid dienone is 1. The highest BCUT2D eigenvalue weighted by molar-refractivity contribution is 5.77. The number of alkyl halides is 1. The molecule has 0 unspecified atom stereocenters. The number of anilines is 1. The predicted octanol–water partition coefficient (Wildman–Crippen LogP) is 4.66. The lowest BCUT2D eigenvalue weighted by Crippen LogP contribution is -2.47. The lowest BCUT2D eigenvalue weighted by Gasteiger charge is -2.43. The summed E-state index contributed by atoms with van der Waals surface area (Å²) in [6, 6.07) is 7.34. The molecule has 0 saturated carbocycles. The third kappa shape index (κ3) is 5.42. The van der Waals surface area contributed by atoms with Crippen molar-refractivity contribution in [2.75, 3.05) is 38.5 Å². The van der Waals surface area contributed by atoms with E-state index in [-0.39, 0.29) is 12.0 Å². The maximum absolute atomic E-state index is 16.1. The largest absolute Gasteiger partial charge is 0.465 e. The highest BCUT2D eigenvalue weighted by Gasteiger charge is 2.40. The van der Waals surface area contributed by atoms with Crippen LogP contribution >= 0.6 is 0 Å². The molecule has 3 aromatic rings. The summed E-state index contributed by atoms with van der Waals surface area (Å²) >= 11 is 0. The Kier molecular flexibility index (Phi) is 7.33. The third-order valence-electron chi connectivity index (χ3n) is 7.76. The molecule has 0 aliphatic carbocycles. The summed E-state index contributed by atoms with van der Waals surface area (Å²) in [6.45, 7) is 12.7. The Bertz CT molecular complexity index is 1230. The number of fused-ring (bicyclic) bond motifs is 1. The number of aryl methyl sites for hydroxylation is 1. The van der Waals surface area contributed by atoms with E-state index in [0.29, 0.717) is 50.8 Å². The summed E-state index contributed by atoms with van der Waals surface area (Å²) in [6.07, 6.45) is 7.12. The maximum Gasteiger partial charge on any atom is 0.297 e. The Morgan fingerprint density at radius 2 is 1.86 bits per heavy atom. The van der Waals surface area contributed by atoms with Gasteiger partial charge in [-0.05, 0) is 56.7 Å². The van der Waals surface area contributed by atoms with Crippen LogP contribution in [0.5, 0.6) is 6.01 Å². The van der Waals surface area contributed by atoms with Gasteiger partial charge >= 0.3 is 0 Å². The smallest absolute Gasteiger partial charge is 0.297 e. The molecule has 37 heavy (non-hydrogen) atoms. The summed E-state index contributed by atoms with van der Waals surface area (Å²) < 4.78 is 24.4. The minimum atomic E-state index is -1.37. The van der Waals surface area contributed by atoms with Gasteiger partial charge in [0.25, 0.3) is 6.01 Å². The molecule has 8 nitrogen and oxygen atoms in total. The van der Waals surface area contributed by atoms with Crippen molar-refractivity contribution < 1.29 is 9.13 Å². The molecule has 0 bridgehead atoms. The topological polar surface area (TPSA) is 85.3 Å². The molecule has 198 valence electrons. The zero-order valence-corrected chi connectivity index (χ0v) is 22.0. The summed E-state index contributed by atoms with van der Waals surface area (Å²) in [4.78, 5) is 17.3. The number of imidazole rings is 1. The van der Waals surface area contributed by atoms with Crippen LogP contribution < -0.4 is 10.5 Å². The molecular formula is C28H38FN7O. The number of hydrogen-bond donors (Lipinski definition) is 1. The number of nitrogens with zero attached hydrogens (tertiary/aromatic N) is 6. The van der Waals surface area contributed by atoms with Gasteiger partial charge in [0.15, 0.2) is 5.67 Å². The van der Waals surface area contributed by atoms with Crippen molar-refractivity contribution in [1.82, 2.24) is 29.3 Å². The number of rotatable bonds is 8. The van der Waals surface area contributed by atoms with E-state index in [1.807, 2.05) is 0 Å². The quantitative estimate of drug-likeness (QED) is 0.475. The fraction of sp³-hybridized carbons (Fsp3) is 0.536. The summed E-state index contributed by atoms with van der Waals surface area (Å²) in [7, 11) is 0. The van der Waals surface area contributed by atoms with Gasteiger partial charge < -0.3 is 15.4 Å². The van der Waals surface area contributed by atoms with Gasteiger partial charge in [0, 0.05) is 62.4 Å². The van der Waals surface area contributed by atoms with E-state index in [1.54, 1.807) is 12.4 Å². The van der Waals surface area contributed by atoms with Crippen molar-refractivity contribution in [3.8, 4) is 6.01 Å². The van der Waals surface area contributed by atoms with Crippen LogP contribution in [0.1, 0.15) is 56.2 Å². The highest BCUT2D eigenvalue weighted by Crippen LogP contribution is 2.39. The van der Waals surface area contributed by atoms with Crippen molar-refractivity contribution in [2.45, 2.75) is 64.2 Å². The van der Waals surface area contributed by atoms with Gasteiger partial charge in [-0.2, -0.15) is 4.98 Å². The molecule has 2 fully saturated rings. The normalized spacial score (nSPS) is 18.8. The van der Waals surface area contributed by atoms with Crippen LogP contribution in [0.2, 0.25) is 0 Å². The highest BCUT2D eigenvalue weighted by atomic mass is 19.1. The van der Waals surface area contributed by atoms with Crippen molar-refractivity contribution >= 4 is 17.0 Å². The molecule has 0 radical (unpaired) electrons. The Morgan fingerprint density at radius 3 is 2.54 bits per heavy atom. The van der Waals surface area contributed by atoms with E-state index >= 15 is 4.39 Å². The van der Waals surface area contributed by atoms with E-state index in [0.717, 1.165) is 48.9 Å². The van der Waals surface area contributed by atoms with Gasteiger partial charge in [0.05, 0.1) is 17.6 Å². The lowest BCUT2D eigenvalue weighted by atomic mass is 9.88. The number of halogens is 1. The molecule has 2 N–H and O–H groups in total. The molecule has 1 aromatic carbocycles. The van der Waals surface area contributed by atoms with E-state index in [2.05, 4.69) is 63.0 Å². The van der Waals surface area contributed by atoms with Crippen LogP contribution in [0.3, 0.4) is 0 Å². The van der Waals surface area contributed by atoms with Crippen molar-refractivity contribution in [1.29, 1.82) is 0 Å². The monoisotopic (exact) mass is 507 g/mol. The van der Waals surface area contributed by atoms with E-state index in [9.17, 15) is 0 Å². The zero-order valence-electron chi connectivity index (χ0n) is 22.0. The van der Waals surface area contributed by atoms with E-state index in [1.165, 1.54) is 5.56 Å². The summed E-state index contributed by atoms with van der Waals surface area (Å²) in [5.41, 5.74) is 9.11. The summed E-state index contributed by atoms with van der Waals surface area (Å²) in [5.74, 6) is 0.270. The molecule has 0 spiro atoms. The number of piperidine rings is 2. The molecule has 2 aliphatic heterocycles. The Hall–Kier alpha value is -3.20. The third-order valence-corrected chi connectivity index (χ3v) is 7.76. The lowest BCUT2D eigenvalue weighted by molar-refractivity contribution is 0.0518. The number of hydrogen-bond acceptors (Lipinski definition) is 7. The minimum Gasteiger partial charge on any atom is -0.465 e. The number of benzene rings is 1. The van der Waals surface area contributed by atoms with Crippen LogP contribution in [-0.4, -0.2) is 67.8 Å². The van der Waals surface area contributed by atoms with Gasteiger partial charge in [-0.15, -0.1) is 0 Å². The standard InChI is InChI=1S/C28H38FN7O/c1-4-15-37-27-33-24-16-20(2)5-6-25(24)36(27)23-7-11-35(12-8-23)21(3)28(29)9-13-34(14-10-28)19-22-17-31-26(30)32-18-22/h5-6,16-18,23H,3-4,7-15,19H2,1-2H3,(H2,30,31,32). The zero-order chi connectivity index (χ0) is 26.0. The molecule has 2 aromatic heterocycles. The maximum atomic E-state index is 16.1. The number of ether oxygens (including phenoxy) is 1. The Labute approximate surface area is 218 Å². The van der Waals surface area contributed by atoms with Gasteiger partial charge in [0.2, 0.25) is 5.95 Å². The van der Waals surface area contributed by atoms with Crippen LogP contribution in [0, 0.1) is 6.92 Å². The fourth-order valence-corrected chi connectivity index (χ4v) is 5.57. The summed E-state index contributed by atoms with van der Waals surface area (Å²) in [5, 5.41) is 0. The van der Waals surface area contributed by atoms with Crippen LogP contribution in [0.4, 0.5) is 10.3 Å². The van der Waals surface area contributed by atoms with Gasteiger partial charge in [-0.3, -0.25) is 9.47 Å². The minimum absolute atomic E-state index is 0.267. The number of aromatic nitrogens is 4. The molecule has 2 saturated heterocycles. The molecule has 2 aliphatic rings. The second-order valence-electron chi connectivity index (χ2n) is 10.5. The molecule has 0 amide bonds. The molecular weight excluding hydrogens is 469 g/mol. The SMILES string of the molecule is C=C(N1CCC(n2c(OCCC)nc3cc(C)ccc32)CC1)C1(F)CCN(Cc2cnc(N)nc2)CC1. The first kappa shape index (κ1) is 25.4. The Morgan fingerprint density at radius 1 is 1.16 bits per heavy atom. The number of nitrogens with two attached hydrogens (primary N) is 1. The van der Waals surface area contributed by atoms with E-state index < -0.39 is 5.67 Å². The van der Waals surface area contributed by atoms with Crippen LogP contribution in [0.25, 0.3) is 11.0 Å². The molecule has 9 heteroatoms. The molecule has 0 atom stereocenters. The first-order valence-corrected chi connectivity index (χ1v) is 13.4. The van der Waals surface area contributed by atoms with Crippen molar-refractivity contribution in [3.05, 3.63) is 54.0 Å². The predicted molar refractivity (Wildman–Crippen MR) is 144 cm³/mol. The van der Waals surface area contributed by atoms with Crippen LogP contribution in [0.15, 0.2) is 42.9 Å². The Balaban J connectivity index is 1.21. The number of likely N-dealkylation sites (tertiary alicyclic amines) is 2. The number of nitrogen functional groups attached to an aromatic ring is 1. The first-order valence-electron chi connectivity index (χ1n) is 13.4. The second kappa shape index (κ2) is 10.7. The van der Waals surface area contributed by atoms with Crippen molar-refractivity contribution in [3.63, 3.8) is 0 Å². The average Bonchev–Trinajstić information content (AvgIpc) is 3.27. The second-order valence-corrected chi connectivity index (χ2v) is 10.5. The van der Waals surface area contributed by atoms with Gasteiger partial charge in [0.1, 0.15) is 0 Å². The van der Waals surface area contributed by atoms with Crippen LogP contribution in [-0.2, 0) is 6.54 Å².